The second kappa shape index (κ2) is 6.49. The maximum absolute atomic E-state index is 3.52. The lowest BCUT2D eigenvalue weighted by atomic mass is 9.92. The van der Waals surface area contributed by atoms with E-state index >= 15 is 0 Å². The zero-order valence-corrected chi connectivity index (χ0v) is 11.7. The molecular weight excluding hydrogens is 184 g/mol. The van der Waals surface area contributed by atoms with E-state index in [0.717, 1.165) is 19.0 Å². The van der Waals surface area contributed by atoms with Crippen molar-refractivity contribution in [2.75, 3.05) is 26.7 Å². The summed E-state index contributed by atoms with van der Waals surface area (Å²) < 4.78 is 0. The summed E-state index contributed by atoms with van der Waals surface area (Å²) in [6.45, 7) is 17.1. The van der Waals surface area contributed by atoms with Gasteiger partial charge in [-0.2, -0.15) is 0 Å². The molecule has 1 N–H and O–H groups in total. The van der Waals surface area contributed by atoms with E-state index in [1.54, 1.807) is 0 Å². The molecule has 2 nitrogen and oxygen atoms in total. The Morgan fingerprint density at radius 2 is 1.67 bits per heavy atom. The van der Waals surface area contributed by atoms with Gasteiger partial charge in [0, 0.05) is 25.7 Å². The first kappa shape index (κ1) is 14.9. The van der Waals surface area contributed by atoms with Crippen LogP contribution in [-0.2, 0) is 0 Å². The molecule has 0 aliphatic carbocycles. The van der Waals surface area contributed by atoms with Crippen LogP contribution in [0.25, 0.3) is 0 Å². The minimum absolute atomic E-state index is 0.355. The van der Waals surface area contributed by atoms with Gasteiger partial charge in [-0.1, -0.05) is 41.5 Å². The van der Waals surface area contributed by atoms with E-state index in [0.29, 0.717) is 11.5 Å². The predicted octanol–water partition coefficient (Wildman–Crippen LogP) is 2.60. The van der Waals surface area contributed by atoms with Gasteiger partial charge < -0.3 is 10.2 Å². The third-order valence-corrected chi connectivity index (χ3v) is 2.36. The van der Waals surface area contributed by atoms with Gasteiger partial charge in [-0.25, -0.2) is 0 Å². The van der Waals surface area contributed by atoms with Crippen LogP contribution < -0.4 is 5.32 Å². The van der Waals surface area contributed by atoms with Crippen molar-refractivity contribution < 1.29 is 0 Å². The van der Waals surface area contributed by atoms with E-state index in [4.69, 9.17) is 0 Å². The quantitative estimate of drug-likeness (QED) is 0.701. The third-order valence-electron chi connectivity index (χ3n) is 2.36. The van der Waals surface area contributed by atoms with E-state index in [1.807, 2.05) is 0 Å². The Morgan fingerprint density at radius 3 is 2.07 bits per heavy atom. The number of rotatable bonds is 7. The average Bonchev–Trinajstić information content (AvgIpc) is 1.98. The Bertz CT molecular complexity index is 162. The van der Waals surface area contributed by atoms with Crippen LogP contribution in [0, 0.1) is 11.3 Å². The Balaban J connectivity index is 3.90. The van der Waals surface area contributed by atoms with Crippen molar-refractivity contribution in [3.05, 3.63) is 0 Å². The van der Waals surface area contributed by atoms with Gasteiger partial charge in [0.1, 0.15) is 0 Å². The molecule has 0 aromatic carbocycles. The normalized spacial score (nSPS) is 13.2. The summed E-state index contributed by atoms with van der Waals surface area (Å²) in [6.07, 6.45) is 0. The molecule has 2 heteroatoms. The van der Waals surface area contributed by atoms with Crippen LogP contribution in [0.2, 0.25) is 0 Å². The summed E-state index contributed by atoms with van der Waals surface area (Å²) in [5, 5.41) is 3.52. The number of hydrogen-bond acceptors (Lipinski definition) is 2. The minimum atomic E-state index is 0.355. The van der Waals surface area contributed by atoms with Crippen molar-refractivity contribution in [3.63, 3.8) is 0 Å². The molecule has 0 rings (SSSR count). The molecule has 0 aromatic rings. The first-order chi connectivity index (χ1) is 6.73. The predicted molar refractivity (Wildman–Crippen MR) is 69.3 cm³/mol. The number of nitrogens with zero attached hydrogens (tertiary/aromatic N) is 1. The van der Waals surface area contributed by atoms with Crippen LogP contribution in [0.1, 0.15) is 41.5 Å². The number of nitrogens with one attached hydrogen (secondary N) is 1. The second-order valence-corrected chi connectivity index (χ2v) is 6.29. The zero-order chi connectivity index (χ0) is 12.1. The fourth-order valence-electron chi connectivity index (χ4n) is 1.95. The highest BCUT2D eigenvalue weighted by Gasteiger charge is 2.20. The largest absolute Gasteiger partial charge is 0.314 e. The molecule has 0 saturated heterocycles. The molecule has 15 heavy (non-hydrogen) atoms. The average molecular weight is 214 g/mol. The van der Waals surface area contributed by atoms with Crippen molar-refractivity contribution in [2.24, 2.45) is 11.3 Å². The lowest BCUT2D eigenvalue weighted by Crippen LogP contribution is -2.41. The Morgan fingerprint density at radius 1 is 1.13 bits per heavy atom. The Labute approximate surface area is 96.4 Å². The lowest BCUT2D eigenvalue weighted by molar-refractivity contribution is 0.186. The first-order valence-corrected chi connectivity index (χ1v) is 6.15. The molecule has 0 bridgehead atoms. The standard InChI is InChI=1S/C13H30N2/c1-11(2)8-15(7)10-13(5,6)9-14-12(3)4/h11-12,14H,8-10H2,1-7H3. The van der Waals surface area contributed by atoms with E-state index in [9.17, 15) is 0 Å². The smallest absolute Gasteiger partial charge is 0.00419 e. The van der Waals surface area contributed by atoms with Gasteiger partial charge in [-0.3, -0.25) is 0 Å². The molecule has 0 spiro atoms. The molecular formula is C13H30N2. The van der Waals surface area contributed by atoms with Gasteiger partial charge in [0.2, 0.25) is 0 Å². The van der Waals surface area contributed by atoms with E-state index < -0.39 is 0 Å². The summed E-state index contributed by atoms with van der Waals surface area (Å²) >= 11 is 0. The molecule has 0 radical (unpaired) electrons. The monoisotopic (exact) mass is 214 g/mol. The Hall–Kier alpha value is -0.0800. The van der Waals surface area contributed by atoms with Gasteiger partial charge in [0.25, 0.3) is 0 Å². The molecule has 0 amide bonds. The molecule has 0 unspecified atom stereocenters. The van der Waals surface area contributed by atoms with Gasteiger partial charge in [-0.15, -0.1) is 0 Å². The third kappa shape index (κ3) is 8.88. The van der Waals surface area contributed by atoms with Crippen molar-refractivity contribution in [3.8, 4) is 0 Å². The van der Waals surface area contributed by atoms with Crippen molar-refractivity contribution in [1.29, 1.82) is 0 Å². The van der Waals surface area contributed by atoms with Crippen LogP contribution >= 0.6 is 0 Å². The van der Waals surface area contributed by atoms with Gasteiger partial charge >= 0.3 is 0 Å². The van der Waals surface area contributed by atoms with Crippen molar-refractivity contribution in [2.45, 2.75) is 47.6 Å². The highest BCUT2D eigenvalue weighted by molar-refractivity contribution is 4.76. The van der Waals surface area contributed by atoms with Crippen molar-refractivity contribution >= 4 is 0 Å². The van der Waals surface area contributed by atoms with E-state index in [-0.39, 0.29) is 0 Å². The minimum Gasteiger partial charge on any atom is -0.314 e. The first-order valence-electron chi connectivity index (χ1n) is 6.15. The van der Waals surface area contributed by atoms with Crippen LogP contribution in [0.5, 0.6) is 0 Å². The van der Waals surface area contributed by atoms with Crippen molar-refractivity contribution in [1.82, 2.24) is 10.2 Å². The van der Waals surface area contributed by atoms with Gasteiger partial charge in [-0.05, 0) is 18.4 Å². The van der Waals surface area contributed by atoms with Crippen LogP contribution in [-0.4, -0.2) is 37.6 Å². The van der Waals surface area contributed by atoms with E-state index in [1.165, 1.54) is 6.54 Å². The highest BCUT2D eigenvalue weighted by Crippen LogP contribution is 2.15. The topological polar surface area (TPSA) is 15.3 Å². The molecule has 0 fully saturated rings. The summed E-state index contributed by atoms with van der Waals surface area (Å²) in [4.78, 5) is 2.44. The molecule has 92 valence electrons. The van der Waals surface area contributed by atoms with Gasteiger partial charge in [0.15, 0.2) is 0 Å². The zero-order valence-electron chi connectivity index (χ0n) is 11.7. The molecule has 0 aromatic heterocycles. The molecule has 0 aliphatic rings. The highest BCUT2D eigenvalue weighted by atomic mass is 15.1. The van der Waals surface area contributed by atoms with E-state index in [2.05, 4.69) is 58.8 Å². The molecule has 0 aliphatic heterocycles. The second-order valence-electron chi connectivity index (χ2n) is 6.29. The maximum Gasteiger partial charge on any atom is 0.00419 e. The summed E-state index contributed by atoms with van der Waals surface area (Å²) in [5.74, 6) is 0.754. The van der Waals surface area contributed by atoms with Crippen LogP contribution in [0.3, 0.4) is 0 Å². The SMILES string of the molecule is CC(C)CN(C)CC(C)(C)CNC(C)C. The van der Waals surface area contributed by atoms with Crippen LogP contribution in [0.15, 0.2) is 0 Å². The summed E-state index contributed by atoms with van der Waals surface area (Å²) in [6, 6.07) is 0.583. The molecule has 0 heterocycles. The van der Waals surface area contributed by atoms with Gasteiger partial charge in [0.05, 0.1) is 0 Å². The molecule has 0 saturated carbocycles. The fourth-order valence-corrected chi connectivity index (χ4v) is 1.95. The fraction of sp³-hybridized carbons (Fsp3) is 1.00. The Kier molecular flexibility index (Phi) is 6.46. The molecule has 0 atom stereocenters. The van der Waals surface area contributed by atoms with Crippen LogP contribution in [0.4, 0.5) is 0 Å². The lowest BCUT2D eigenvalue weighted by Gasteiger charge is -2.32. The maximum atomic E-state index is 3.52. The summed E-state index contributed by atoms with van der Waals surface area (Å²) in [7, 11) is 2.22. The summed E-state index contributed by atoms with van der Waals surface area (Å²) in [5.41, 5.74) is 0.355. The number of hydrogen-bond donors (Lipinski definition) is 1.